The van der Waals surface area contributed by atoms with E-state index in [0.717, 1.165) is 19.5 Å². The van der Waals surface area contributed by atoms with Crippen molar-refractivity contribution < 1.29 is 5.11 Å². The van der Waals surface area contributed by atoms with Gasteiger partial charge in [0.2, 0.25) is 0 Å². The third kappa shape index (κ3) is 4.52. The Hall–Kier alpha value is -3.20. The number of benzene rings is 4. The first-order chi connectivity index (χ1) is 15.8. The fourth-order valence-corrected chi connectivity index (χ4v) is 5.03. The molecule has 32 heavy (non-hydrogen) atoms. The van der Waals surface area contributed by atoms with Crippen molar-refractivity contribution >= 4 is 0 Å². The molecule has 1 atom stereocenters. The number of nitrogens with zero attached hydrogens (tertiary/aromatic N) is 1. The van der Waals surface area contributed by atoms with Crippen LogP contribution in [0.2, 0.25) is 0 Å². The van der Waals surface area contributed by atoms with Crippen LogP contribution in [0, 0.1) is 0 Å². The first kappa shape index (κ1) is 20.7. The summed E-state index contributed by atoms with van der Waals surface area (Å²) >= 11 is 0. The van der Waals surface area contributed by atoms with E-state index in [0.29, 0.717) is 6.54 Å². The van der Waals surface area contributed by atoms with Gasteiger partial charge in [-0.1, -0.05) is 109 Å². The summed E-state index contributed by atoms with van der Waals surface area (Å²) in [5.41, 5.74) is 7.84. The third-order valence-electron chi connectivity index (χ3n) is 6.44. The zero-order valence-corrected chi connectivity index (χ0v) is 18.3. The number of hydrogen-bond acceptors (Lipinski definition) is 2. The highest BCUT2D eigenvalue weighted by atomic mass is 16.3. The fraction of sp³-hybridized carbons (Fsp3) is 0.200. The van der Waals surface area contributed by atoms with Crippen molar-refractivity contribution in [2.45, 2.75) is 31.5 Å². The number of aliphatic hydroxyl groups excluding tert-OH is 1. The second-order valence-electron chi connectivity index (χ2n) is 8.76. The van der Waals surface area contributed by atoms with Crippen LogP contribution in [0.5, 0.6) is 0 Å². The molecule has 4 aromatic rings. The molecule has 0 aromatic heterocycles. The number of fused-ring (bicyclic) bond motifs is 3. The van der Waals surface area contributed by atoms with E-state index in [1.807, 2.05) is 0 Å². The minimum absolute atomic E-state index is 0.243. The summed E-state index contributed by atoms with van der Waals surface area (Å²) in [7, 11) is 0. The molecule has 1 N–H and O–H groups in total. The summed E-state index contributed by atoms with van der Waals surface area (Å²) in [6, 6.07) is 38.4. The summed E-state index contributed by atoms with van der Waals surface area (Å²) in [4.78, 5) is 2.36. The van der Waals surface area contributed by atoms with Crippen molar-refractivity contribution in [2.24, 2.45) is 0 Å². The van der Waals surface area contributed by atoms with Crippen molar-refractivity contribution in [1.29, 1.82) is 0 Å². The number of aliphatic hydroxyl groups is 1. The van der Waals surface area contributed by atoms with E-state index in [4.69, 9.17) is 0 Å². The monoisotopic (exact) mass is 419 g/mol. The minimum Gasteiger partial charge on any atom is -0.392 e. The normalized spacial score (nSPS) is 13.7. The van der Waals surface area contributed by atoms with Gasteiger partial charge >= 0.3 is 0 Å². The van der Waals surface area contributed by atoms with Gasteiger partial charge in [0, 0.05) is 25.6 Å². The van der Waals surface area contributed by atoms with Gasteiger partial charge in [0.15, 0.2) is 0 Å². The molecule has 1 aliphatic carbocycles. The second kappa shape index (κ2) is 9.52. The van der Waals surface area contributed by atoms with E-state index in [1.165, 1.54) is 33.4 Å². The molecular weight excluding hydrogens is 390 g/mol. The van der Waals surface area contributed by atoms with Crippen LogP contribution in [0.4, 0.5) is 0 Å². The highest BCUT2D eigenvalue weighted by molar-refractivity contribution is 5.78. The molecule has 0 fully saturated rings. The van der Waals surface area contributed by atoms with Crippen molar-refractivity contribution in [2.75, 3.05) is 6.54 Å². The Bertz CT molecular complexity index is 1070. The molecule has 0 bridgehead atoms. The van der Waals surface area contributed by atoms with E-state index in [9.17, 15) is 5.11 Å². The molecule has 0 spiro atoms. The Balaban J connectivity index is 1.35. The van der Waals surface area contributed by atoms with Crippen LogP contribution < -0.4 is 0 Å². The molecule has 0 saturated carbocycles. The highest BCUT2D eigenvalue weighted by Crippen LogP contribution is 2.46. The predicted octanol–water partition coefficient (Wildman–Crippen LogP) is 6.25. The number of rotatable bonds is 8. The minimum atomic E-state index is -0.411. The highest BCUT2D eigenvalue weighted by Gasteiger charge is 2.30. The summed E-state index contributed by atoms with van der Waals surface area (Å²) in [5.74, 6) is 0.243. The van der Waals surface area contributed by atoms with Crippen LogP contribution in [0.15, 0.2) is 109 Å². The van der Waals surface area contributed by atoms with E-state index in [2.05, 4.69) is 114 Å². The summed E-state index contributed by atoms with van der Waals surface area (Å²) in [5, 5.41) is 11.2. The van der Waals surface area contributed by atoms with Gasteiger partial charge in [0.25, 0.3) is 0 Å². The summed E-state index contributed by atoms with van der Waals surface area (Å²) in [6.07, 6.45) is 0.320. The van der Waals surface area contributed by atoms with Crippen LogP contribution in [0.1, 0.15) is 34.6 Å². The quantitative estimate of drug-likeness (QED) is 0.365. The molecule has 0 radical (unpaired) electrons. The smallest absolute Gasteiger partial charge is 0.0676 e. The van der Waals surface area contributed by atoms with Gasteiger partial charge in [0.05, 0.1) is 6.10 Å². The van der Waals surface area contributed by atoms with Crippen LogP contribution >= 0.6 is 0 Å². The van der Waals surface area contributed by atoms with Gasteiger partial charge in [-0.05, 0) is 39.8 Å². The Labute approximate surface area is 190 Å². The fourth-order valence-electron chi connectivity index (χ4n) is 5.03. The van der Waals surface area contributed by atoms with E-state index in [1.54, 1.807) is 0 Å². The van der Waals surface area contributed by atoms with Crippen LogP contribution in [0.25, 0.3) is 11.1 Å². The molecule has 1 aliphatic rings. The van der Waals surface area contributed by atoms with Gasteiger partial charge in [-0.15, -0.1) is 0 Å². The Morgan fingerprint density at radius 2 is 1.03 bits per heavy atom. The van der Waals surface area contributed by atoms with Gasteiger partial charge in [0.1, 0.15) is 0 Å². The SMILES string of the molecule is O[C@@H](CC1c2ccccc2-c2ccccc21)CN(Cc1ccccc1)Cc1ccccc1. The standard InChI is InChI=1S/C30H29NO/c32-25(19-30-28-17-9-7-15-26(28)27-16-8-10-18-29(27)30)22-31(20-23-11-3-1-4-12-23)21-24-13-5-2-6-14-24/h1-18,25,30,32H,19-22H2/t25-/m0/s1. The maximum atomic E-state index is 11.2. The lowest BCUT2D eigenvalue weighted by Crippen LogP contribution is -2.32. The first-order valence-corrected chi connectivity index (χ1v) is 11.4. The largest absolute Gasteiger partial charge is 0.392 e. The molecular formula is C30H29NO. The summed E-state index contributed by atoms with van der Waals surface area (Å²) in [6.45, 7) is 2.29. The lowest BCUT2D eigenvalue weighted by molar-refractivity contribution is 0.0946. The van der Waals surface area contributed by atoms with Crippen molar-refractivity contribution in [3.05, 3.63) is 131 Å². The maximum Gasteiger partial charge on any atom is 0.0676 e. The van der Waals surface area contributed by atoms with Gasteiger partial charge < -0.3 is 5.11 Å². The van der Waals surface area contributed by atoms with Crippen molar-refractivity contribution in [1.82, 2.24) is 4.90 Å². The molecule has 2 heteroatoms. The zero-order chi connectivity index (χ0) is 21.8. The van der Waals surface area contributed by atoms with Crippen LogP contribution in [-0.2, 0) is 13.1 Å². The molecule has 0 unspecified atom stereocenters. The Morgan fingerprint density at radius 1 is 0.594 bits per heavy atom. The topological polar surface area (TPSA) is 23.5 Å². The Kier molecular flexibility index (Phi) is 6.15. The van der Waals surface area contributed by atoms with E-state index >= 15 is 0 Å². The van der Waals surface area contributed by atoms with Crippen LogP contribution in [-0.4, -0.2) is 22.7 Å². The second-order valence-corrected chi connectivity index (χ2v) is 8.76. The molecule has 160 valence electrons. The first-order valence-electron chi connectivity index (χ1n) is 11.4. The van der Waals surface area contributed by atoms with Crippen molar-refractivity contribution in [3.63, 3.8) is 0 Å². The molecule has 0 aliphatic heterocycles. The van der Waals surface area contributed by atoms with Crippen molar-refractivity contribution in [3.8, 4) is 11.1 Å². The van der Waals surface area contributed by atoms with E-state index in [-0.39, 0.29) is 5.92 Å². The molecule has 0 heterocycles. The van der Waals surface area contributed by atoms with Crippen LogP contribution in [0.3, 0.4) is 0 Å². The molecule has 2 nitrogen and oxygen atoms in total. The molecule has 0 amide bonds. The lowest BCUT2D eigenvalue weighted by atomic mass is 9.91. The lowest BCUT2D eigenvalue weighted by Gasteiger charge is -2.27. The maximum absolute atomic E-state index is 11.2. The number of hydrogen-bond donors (Lipinski definition) is 1. The molecule has 0 saturated heterocycles. The zero-order valence-electron chi connectivity index (χ0n) is 18.3. The Morgan fingerprint density at radius 3 is 1.53 bits per heavy atom. The third-order valence-corrected chi connectivity index (χ3v) is 6.44. The molecule has 4 aromatic carbocycles. The van der Waals surface area contributed by atoms with Gasteiger partial charge in [-0.25, -0.2) is 0 Å². The molecule has 5 rings (SSSR count). The predicted molar refractivity (Wildman–Crippen MR) is 131 cm³/mol. The average Bonchev–Trinajstić information content (AvgIpc) is 3.14. The van der Waals surface area contributed by atoms with Gasteiger partial charge in [-0.2, -0.15) is 0 Å². The summed E-state index contributed by atoms with van der Waals surface area (Å²) < 4.78 is 0. The van der Waals surface area contributed by atoms with Gasteiger partial charge in [-0.3, -0.25) is 4.90 Å². The average molecular weight is 420 g/mol. The van der Waals surface area contributed by atoms with E-state index < -0.39 is 6.10 Å².